The number of methoxy groups -OCH3 is 1. The van der Waals surface area contributed by atoms with Gasteiger partial charge in [-0.15, -0.1) is 0 Å². The molecule has 0 radical (unpaired) electrons. The highest BCUT2D eigenvalue weighted by Crippen LogP contribution is 2.05. The molecule has 3 N–H and O–H groups in total. The van der Waals surface area contributed by atoms with Gasteiger partial charge in [-0.25, -0.2) is 4.79 Å². The first-order valence-electron chi connectivity index (χ1n) is 8.56. The van der Waals surface area contributed by atoms with Crippen molar-refractivity contribution in [2.24, 2.45) is 5.92 Å². The first-order chi connectivity index (χ1) is 13.2. The molecule has 28 heavy (non-hydrogen) atoms. The Labute approximate surface area is 163 Å². The number of benzene rings is 1. The van der Waals surface area contributed by atoms with E-state index < -0.39 is 29.9 Å². The molecular formula is C19H25N3O6. The van der Waals surface area contributed by atoms with E-state index in [0.29, 0.717) is 0 Å². The summed E-state index contributed by atoms with van der Waals surface area (Å²) in [5.74, 6) is -2.30. The van der Waals surface area contributed by atoms with Gasteiger partial charge in [0.15, 0.2) is 0 Å². The molecule has 1 unspecified atom stereocenters. The minimum Gasteiger partial charge on any atom is -0.468 e. The molecule has 1 aromatic rings. The number of amides is 3. The summed E-state index contributed by atoms with van der Waals surface area (Å²) < 4.78 is 9.50. The molecule has 0 saturated carbocycles. The summed E-state index contributed by atoms with van der Waals surface area (Å²) >= 11 is 0. The van der Waals surface area contributed by atoms with Gasteiger partial charge in [0, 0.05) is 0 Å². The average molecular weight is 391 g/mol. The maximum atomic E-state index is 12.4. The number of nitrogens with one attached hydrogen (secondary N) is 3. The van der Waals surface area contributed by atoms with E-state index in [0.717, 1.165) is 5.56 Å². The van der Waals surface area contributed by atoms with E-state index in [-0.39, 0.29) is 24.8 Å². The van der Waals surface area contributed by atoms with Crippen molar-refractivity contribution in [3.63, 3.8) is 0 Å². The summed E-state index contributed by atoms with van der Waals surface area (Å²) in [5.41, 5.74) is 0.540. The largest absolute Gasteiger partial charge is 0.468 e. The van der Waals surface area contributed by atoms with E-state index in [2.05, 4.69) is 27.3 Å². The lowest BCUT2D eigenvalue weighted by molar-refractivity contribution is -0.140. The molecule has 0 bridgehead atoms. The van der Waals surface area contributed by atoms with Gasteiger partial charge in [-0.05, 0) is 11.5 Å². The number of rotatable bonds is 9. The number of hydrogen-bond donors (Lipinski definition) is 3. The molecule has 0 fully saturated rings. The third-order valence-electron chi connectivity index (χ3n) is 3.60. The Morgan fingerprint density at radius 1 is 1.11 bits per heavy atom. The van der Waals surface area contributed by atoms with Gasteiger partial charge in [0.25, 0.3) is 5.91 Å². The minimum atomic E-state index is -0.951. The van der Waals surface area contributed by atoms with Gasteiger partial charge >= 0.3 is 12.1 Å². The normalized spacial score (nSPS) is 11.1. The van der Waals surface area contributed by atoms with E-state index >= 15 is 0 Å². The molecule has 152 valence electrons. The second-order valence-electron chi connectivity index (χ2n) is 6.15. The quantitative estimate of drug-likeness (QED) is 0.424. The minimum absolute atomic E-state index is 0.0573. The summed E-state index contributed by atoms with van der Waals surface area (Å²) in [5, 5.41) is 7.03. The smallest absolute Gasteiger partial charge is 0.408 e. The highest BCUT2D eigenvalue weighted by atomic mass is 16.5. The van der Waals surface area contributed by atoms with Crippen LogP contribution in [0.2, 0.25) is 0 Å². The molecule has 0 aliphatic rings. The van der Waals surface area contributed by atoms with Crippen LogP contribution in [0.1, 0.15) is 19.4 Å². The molecule has 0 aliphatic carbocycles. The van der Waals surface area contributed by atoms with Crippen LogP contribution < -0.4 is 16.0 Å². The van der Waals surface area contributed by atoms with E-state index in [1.54, 1.807) is 26.0 Å². The van der Waals surface area contributed by atoms with E-state index in [4.69, 9.17) is 4.74 Å². The Hall–Kier alpha value is -3.36. The van der Waals surface area contributed by atoms with Crippen LogP contribution in [0.5, 0.6) is 0 Å². The van der Waals surface area contributed by atoms with Gasteiger partial charge in [-0.1, -0.05) is 50.8 Å². The van der Waals surface area contributed by atoms with Crippen molar-refractivity contribution < 1.29 is 28.7 Å². The number of carbonyl (C=O) groups is 4. The maximum Gasteiger partial charge on any atom is 0.408 e. The van der Waals surface area contributed by atoms with Gasteiger partial charge in [-0.3, -0.25) is 14.4 Å². The summed E-state index contributed by atoms with van der Waals surface area (Å²) in [6, 6.07) is 8.13. The third kappa shape index (κ3) is 7.90. The van der Waals surface area contributed by atoms with Gasteiger partial charge in [0.2, 0.25) is 5.91 Å². The van der Waals surface area contributed by atoms with Crippen LogP contribution in [0.3, 0.4) is 0 Å². The number of hydrogen-bond acceptors (Lipinski definition) is 6. The highest BCUT2D eigenvalue weighted by Gasteiger charge is 2.26. The van der Waals surface area contributed by atoms with Crippen molar-refractivity contribution in [2.45, 2.75) is 26.5 Å². The topological polar surface area (TPSA) is 123 Å². The van der Waals surface area contributed by atoms with E-state index in [1.165, 1.54) is 7.11 Å². The first-order valence-corrected chi connectivity index (χ1v) is 8.56. The van der Waals surface area contributed by atoms with Crippen LogP contribution >= 0.6 is 0 Å². The first kappa shape index (κ1) is 22.7. The summed E-state index contributed by atoms with van der Waals surface area (Å²) in [7, 11) is 1.18. The van der Waals surface area contributed by atoms with Crippen LogP contribution in [-0.4, -0.2) is 43.6 Å². The summed E-state index contributed by atoms with van der Waals surface area (Å²) in [6.07, 6.45) is -0.765. The van der Waals surface area contributed by atoms with Crippen molar-refractivity contribution in [3.8, 4) is 0 Å². The number of alkyl carbamates (subject to hydrolysis) is 1. The Bertz CT molecular complexity index is 718. The lowest BCUT2D eigenvalue weighted by Gasteiger charge is -2.21. The highest BCUT2D eigenvalue weighted by molar-refractivity contribution is 5.99. The third-order valence-corrected chi connectivity index (χ3v) is 3.60. The van der Waals surface area contributed by atoms with Crippen molar-refractivity contribution in [1.29, 1.82) is 0 Å². The average Bonchev–Trinajstić information content (AvgIpc) is 2.68. The zero-order valence-corrected chi connectivity index (χ0v) is 16.1. The Balaban J connectivity index is 2.55. The zero-order valence-electron chi connectivity index (χ0n) is 16.1. The molecule has 0 spiro atoms. The molecule has 1 rings (SSSR count). The Kier molecular flexibility index (Phi) is 9.21. The molecule has 0 aromatic heterocycles. The van der Waals surface area contributed by atoms with E-state index in [9.17, 15) is 19.2 Å². The molecule has 0 heterocycles. The lowest BCUT2D eigenvalue weighted by Crippen LogP contribution is -2.50. The van der Waals surface area contributed by atoms with Crippen LogP contribution in [0.25, 0.3) is 0 Å². The molecule has 0 saturated heterocycles. The maximum absolute atomic E-state index is 12.4. The SMILES string of the molecule is C=C(NC(=O)C(NC(=O)OCc1ccccc1)C(C)C)C(=O)NCC(=O)OC. The molecule has 0 aliphatic heterocycles. The fraction of sp³-hybridized carbons (Fsp3) is 0.368. The van der Waals surface area contributed by atoms with Crippen molar-refractivity contribution >= 4 is 23.9 Å². The number of ether oxygens (including phenoxy) is 2. The molecular weight excluding hydrogens is 366 g/mol. The number of carbonyl (C=O) groups excluding carboxylic acids is 4. The predicted octanol–water partition coefficient (Wildman–Crippen LogP) is 0.856. The van der Waals surface area contributed by atoms with Crippen molar-refractivity contribution in [1.82, 2.24) is 16.0 Å². The predicted molar refractivity (Wildman–Crippen MR) is 101 cm³/mol. The Morgan fingerprint density at radius 3 is 2.32 bits per heavy atom. The van der Waals surface area contributed by atoms with Gasteiger partial charge in [0.05, 0.1) is 12.8 Å². The fourth-order valence-electron chi connectivity index (χ4n) is 2.04. The van der Waals surface area contributed by atoms with Crippen LogP contribution in [0.4, 0.5) is 4.79 Å². The zero-order chi connectivity index (χ0) is 21.1. The second kappa shape index (κ2) is 11.4. The standard InChI is InChI=1S/C19H25N3O6/c1-12(2)16(22-19(26)28-11-14-8-6-5-7-9-14)18(25)21-13(3)17(24)20-10-15(23)27-4/h5-9,12,16H,3,10-11H2,1-2,4H3,(H,20,24)(H,21,25)(H,22,26). The molecule has 9 nitrogen and oxygen atoms in total. The summed E-state index contributed by atoms with van der Waals surface area (Å²) in [4.78, 5) is 47.2. The summed E-state index contributed by atoms with van der Waals surface area (Å²) in [6.45, 7) is 6.60. The molecule has 3 amide bonds. The van der Waals surface area contributed by atoms with E-state index in [1.807, 2.05) is 18.2 Å². The van der Waals surface area contributed by atoms with Crippen LogP contribution in [0, 0.1) is 5.92 Å². The van der Waals surface area contributed by atoms with Gasteiger partial charge in [0.1, 0.15) is 19.2 Å². The van der Waals surface area contributed by atoms with Crippen LogP contribution in [0.15, 0.2) is 42.6 Å². The molecule has 9 heteroatoms. The van der Waals surface area contributed by atoms with Crippen molar-refractivity contribution in [2.75, 3.05) is 13.7 Å². The Morgan fingerprint density at radius 2 is 1.75 bits per heavy atom. The lowest BCUT2D eigenvalue weighted by atomic mass is 10.0. The van der Waals surface area contributed by atoms with Crippen molar-refractivity contribution in [3.05, 3.63) is 48.2 Å². The van der Waals surface area contributed by atoms with Crippen LogP contribution in [-0.2, 0) is 30.5 Å². The molecule has 1 aromatic carbocycles. The van der Waals surface area contributed by atoms with Gasteiger partial charge in [-0.2, -0.15) is 0 Å². The molecule has 1 atom stereocenters. The fourth-order valence-corrected chi connectivity index (χ4v) is 2.04. The van der Waals surface area contributed by atoms with Gasteiger partial charge < -0.3 is 25.4 Å². The number of esters is 1. The monoisotopic (exact) mass is 391 g/mol. The second-order valence-corrected chi connectivity index (χ2v) is 6.15.